The largest absolute Gasteiger partial charge is 0.466 e. The predicted molar refractivity (Wildman–Crippen MR) is 49.8 cm³/mol. The summed E-state index contributed by atoms with van der Waals surface area (Å²) in [6.07, 6.45) is 0.423. The Balaban J connectivity index is 3.34. The fourth-order valence-electron chi connectivity index (χ4n) is 0.773. The first-order valence-electron chi connectivity index (χ1n) is 4.55. The van der Waals surface area contributed by atoms with E-state index in [9.17, 15) is 9.59 Å². The van der Waals surface area contributed by atoms with E-state index >= 15 is 0 Å². The molecule has 0 aliphatic carbocycles. The van der Waals surface area contributed by atoms with Gasteiger partial charge in [0.25, 0.3) is 0 Å². The van der Waals surface area contributed by atoms with Crippen LogP contribution in [0.15, 0.2) is 0 Å². The SMILES string of the molecule is CCOC(=O)CC[N]C(=O)CCOC. The van der Waals surface area contributed by atoms with Crippen LogP contribution < -0.4 is 5.32 Å². The van der Waals surface area contributed by atoms with E-state index in [1.54, 1.807) is 6.92 Å². The van der Waals surface area contributed by atoms with Gasteiger partial charge in [0.05, 0.1) is 32.6 Å². The van der Waals surface area contributed by atoms with Crippen molar-refractivity contribution in [3.8, 4) is 0 Å². The van der Waals surface area contributed by atoms with Crippen molar-refractivity contribution >= 4 is 11.9 Å². The number of rotatable bonds is 7. The molecule has 0 aliphatic rings. The van der Waals surface area contributed by atoms with Gasteiger partial charge < -0.3 is 9.47 Å². The van der Waals surface area contributed by atoms with Gasteiger partial charge in [-0.2, -0.15) is 0 Å². The first-order chi connectivity index (χ1) is 6.70. The first kappa shape index (κ1) is 12.9. The van der Waals surface area contributed by atoms with Gasteiger partial charge in [-0.3, -0.25) is 14.9 Å². The standard InChI is InChI=1S/C9H16NO4/c1-3-14-9(12)4-6-10-8(11)5-7-13-2/h3-7H2,1-2H3. The molecule has 14 heavy (non-hydrogen) atoms. The highest BCUT2D eigenvalue weighted by Gasteiger charge is 2.05. The van der Waals surface area contributed by atoms with Crippen molar-refractivity contribution in [1.82, 2.24) is 5.32 Å². The van der Waals surface area contributed by atoms with Crippen molar-refractivity contribution < 1.29 is 19.1 Å². The third kappa shape index (κ3) is 7.54. The molecule has 0 spiro atoms. The normalized spacial score (nSPS) is 9.57. The molecule has 0 aliphatic heterocycles. The molecule has 1 amide bonds. The maximum absolute atomic E-state index is 10.9. The molecule has 0 rings (SSSR count). The molecule has 0 atom stereocenters. The lowest BCUT2D eigenvalue weighted by molar-refractivity contribution is -0.143. The van der Waals surface area contributed by atoms with E-state index in [1.165, 1.54) is 7.11 Å². The maximum atomic E-state index is 10.9. The van der Waals surface area contributed by atoms with Crippen LogP contribution in [-0.2, 0) is 19.1 Å². The van der Waals surface area contributed by atoms with E-state index in [0.29, 0.717) is 13.2 Å². The number of methoxy groups -OCH3 is 1. The van der Waals surface area contributed by atoms with Crippen molar-refractivity contribution in [2.75, 3.05) is 26.9 Å². The van der Waals surface area contributed by atoms with Crippen LogP contribution in [-0.4, -0.2) is 38.7 Å². The third-order valence-corrected chi connectivity index (χ3v) is 1.43. The Kier molecular flexibility index (Phi) is 7.83. The van der Waals surface area contributed by atoms with Gasteiger partial charge in [0, 0.05) is 7.11 Å². The summed E-state index contributed by atoms with van der Waals surface area (Å²) in [7, 11) is 1.52. The quantitative estimate of drug-likeness (QED) is 0.549. The molecule has 0 bridgehead atoms. The molecule has 0 unspecified atom stereocenters. The summed E-state index contributed by atoms with van der Waals surface area (Å²) in [6.45, 7) is 2.65. The molecule has 0 heterocycles. The lowest BCUT2D eigenvalue weighted by atomic mass is 10.4. The first-order valence-corrected chi connectivity index (χ1v) is 4.55. The van der Waals surface area contributed by atoms with Gasteiger partial charge in [0.1, 0.15) is 0 Å². The number of carbonyl (C=O) groups is 2. The molecular formula is C9H16NO4. The van der Waals surface area contributed by atoms with Gasteiger partial charge in [-0.05, 0) is 6.92 Å². The molecule has 5 nitrogen and oxygen atoms in total. The monoisotopic (exact) mass is 202 g/mol. The fraction of sp³-hybridized carbons (Fsp3) is 0.778. The Morgan fingerprint density at radius 3 is 2.57 bits per heavy atom. The summed E-state index contributed by atoms with van der Waals surface area (Å²) in [5, 5.41) is 3.66. The molecule has 0 saturated carbocycles. The van der Waals surface area contributed by atoms with Gasteiger partial charge in [0.15, 0.2) is 0 Å². The number of hydrogen-bond donors (Lipinski definition) is 0. The summed E-state index contributed by atoms with van der Waals surface area (Å²) in [6, 6.07) is 0. The summed E-state index contributed by atoms with van der Waals surface area (Å²) in [4.78, 5) is 21.8. The highest BCUT2D eigenvalue weighted by atomic mass is 16.5. The van der Waals surface area contributed by atoms with Gasteiger partial charge >= 0.3 is 5.97 Å². The zero-order valence-electron chi connectivity index (χ0n) is 8.62. The second-order valence-electron chi connectivity index (χ2n) is 2.57. The van der Waals surface area contributed by atoms with Crippen LogP contribution in [0.5, 0.6) is 0 Å². The maximum Gasteiger partial charge on any atom is 0.307 e. The Morgan fingerprint density at radius 1 is 1.29 bits per heavy atom. The molecule has 0 aromatic rings. The molecule has 0 N–H and O–H groups in total. The van der Waals surface area contributed by atoms with E-state index in [0.717, 1.165) is 0 Å². The third-order valence-electron chi connectivity index (χ3n) is 1.43. The Labute approximate surface area is 83.8 Å². The Hall–Kier alpha value is -1.10. The molecule has 0 aromatic heterocycles. The second-order valence-corrected chi connectivity index (χ2v) is 2.57. The van der Waals surface area contributed by atoms with E-state index in [-0.39, 0.29) is 31.3 Å². The molecule has 0 fully saturated rings. The zero-order valence-corrected chi connectivity index (χ0v) is 8.62. The minimum atomic E-state index is -0.323. The smallest absolute Gasteiger partial charge is 0.307 e. The van der Waals surface area contributed by atoms with E-state index in [2.05, 4.69) is 10.1 Å². The summed E-state index contributed by atoms with van der Waals surface area (Å²) >= 11 is 0. The van der Waals surface area contributed by atoms with E-state index in [4.69, 9.17) is 4.74 Å². The van der Waals surface area contributed by atoms with Gasteiger partial charge in [-0.1, -0.05) is 0 Å². The number of ether oxygens (including phenoxy) is 2. The minimum Gasteiger partial charge on any atom is -0.466 e. The van der Waals surface area contributed by atoms with Crippen molar-refractivity contribution in [3.63, 3.8) is 0 Å². The van der Waals surface area contributed by atoms with Crippen molar-refractivity contribution in [2.24, 2.45) is 0 Å². The molecule has 0 aromatic carbocycles. The van der Waals surface area contributed by atoms with E-state index < -0.39 is 0 Å². The molecule has 1 radical (unpaired) electrons. The van der Waals surface area contributed by atoms with Crippen LogP contribution >= 0.6 is 0 Å². The van der Waals surface area contributed by atoms with Gasteiger partial charge in [-0.15, -0.1) is 0 Å². The number of carbonyl (C=O) groups excluding carboxylic acids is 2. The average Bonchev–Trinajstić information content (AvgIpc) is 2.15. The lowest BCUT2D eigenvalue weighted by Gasteiger charge is -2.01. The van der Waals surface area contributed by atoms with Crippen LogP contribution in [0.25, 0.3) is 0 Å². The fourth-order valence-corrected chi connectivity index (χ4v) is 0.773. The predicted octanol–water partition coefficient (Wildman–Crippen LogP) is 0.107. The average molecular weight is 202 g/mol. The van der Waals surface area contributed by atoms with Crippen molar-refractivity contribution in [2.45, 2.75) is 19.8 Å². The number of hydrogen-bond acceptors (Lipinski definition) is 4. The zero-order chi connectivity index (χ0) is 10.8. The van der Waals surface area contributed by atoms with Crippen molar-refractivity contribution in [3.05, 3.63) is 0 Å². The van der Waals surface area contributed by atoms with Crippen LogP contribution in [0.3, 0.4) is 0 Å². The Morgan fingerprint density at radius 2 is 2.00 bits per heavy atom. The highest BCUT2D eigenvalue weighted by Crippen LogP contribution is 1.87. The minimum absolute atomic E-state index is 0.159. The van der Waals surface area contributed by atoms with Crippen LogP contribution in [0.1, 0.15) is 19.8 Å². The number of esters is 1. The number of amides is 1. The Bertz CT molecular complexity index is 182. The molecular weight excluding hydrogens is 186 g/mol. The summed E-state index contributed by atoms with van der Waals surface area (Å²) in [5.41, 5.74) is 0. The van der Waals surface area contributed by atoms with Gasteiger partial charge in [0.2, 0.25) is 5.91 Å². The van der Waals surface area contributed by atoms with Crippen LogP contribution in [0.4, 0.5) is 0 Å². The molecule has 81 valence electrons. The van der Waals surface area contributed by atoms with Crippen LogP contribution in [0, 0.1) is 0 Å². The van der Waals surface area contributed by atoms with Crippen LogP contribution in [0.2, 0.25) is 0 Å². The van der Waals surface area contributed by atoms with Crippen molar-refractivity contribution in [1.29, 1.82) is 0 Å². The lowest BCUT2D eigenvalue weighted by Crippen LogP contribution is -2.20. The highest BCUT2D eigenvalue weighted by molar-refractivity contribution is 5.76. The molecule has 5 heteroatoms. The topological polar surface area (TPSA) is 66.7 Å². The van der Waals surface area contributed by atoms with Gasteiger partial charge in [-0.25, -0.2) is 0 Å². The molecule has 0 saturated heterocycles. The van der Waals surface area contributed by atoms with E-state index in [1.807, 2.05) is 0 Å². The second kappa shape index (κ2) is 8.50. The summed E-state index contributed by atoms with van der Waals surface area (Å²) in [5.74, 6) is -0.563. The number of nitrogens with zero attached hydrogens (tertiary/aromatic N) is 1. The summed E-state index contributed by atoms with van der Waals surface area (Å²) < 4.78 is 9.38.